The largest absolute Gasteiger partial charge is 0.493 e. The molecule has 0 unspecified atom stereocenters. The Balaban J connectivity index is 1.51. The molecule has 0 atom stereocenters. The number of hydrogen-bond acceptors (Lipinski definition) is 9. The first-order valence-electron chi connectivity index (χ1n) is 15.9. The summed E-state index contributed by atoms with van der Waals surface area (Å²) in [6.45, 7) is 5.68. The maximum absolute atomic E-state index is 13.9. The van der Waals surface area contributed by atoms with Gasteiger partial charge in [0.15, 0.2) is 23.0 Å². The summed E-state index contributed by atoms with van der Waals surface area (Å²) in [7, 11) is -2.76. The molecular weight excluding hydrogens is 673 g/mol. The van der Waals surface area contributed by atoms with Crippen LogP contribution in [0.4, 0.5) is 22.0 Å². The Bertz CT molecular complexity index is 2070. The molecule has 0 radical (unpaired) electrons. The fourth-order valence-electron chi connectivity index (χ4n) is 4.76. The lowest BCUT2D eigenvalue weighted by Crippen LogP contribution is -2.19. The van der Waals surface area contributed by atoms with Crippen LogP contribution in [0, 0.1) is 0 Å². The Morgan fingerprint density at radius 2 is 1.45 bits per heavy atom. The first kappa shape index (κ1) is 36.2. The number of aromatic nitrogens is 1. The topological polar surface area (TPSA) is 154 Å². The zero-order chi connectivity index (χ0) is 36.4. The van der Waals surface area contributed by atoms with Crippen LogP contribution < -0.4 is 29.6 Å². The lowest BCUT2D eigenvalue weighted by atomic mass is 9.87. The van der Waals surface area contributed by atoms with Gasteiger partial charge in [0.05, 0.1) is 17.7 Å². The van der Waals surface area contributed by atoms with Crippen molar-refractivity contribution in [2.24, 2.45) is 0 Å². The number of carbonyl (C=O) groups is 2. The first-order valence-corrected chi connectivity index (χ1v) is 17.4. The van der Waals surface area contributed by atoms with Gasteiger partial charge < -0.3 is 24.3 Å². The van der Waals surface area contributed by atoms with Gasteiger partial charge >= 0.3 is 6.09 Å². The fourth-order valence-corrected chi connectivity index (χ4v) is 5.81. The molecule has 264 valence electrons. The van der Waals surface area contributed by atoms with Gasteiger partial charge in [-0.2, -0.15) is 0 Å². The Morgan fingerprint density at radius 3 is 2.12 bits per heavy atom. The van der Waals surface area contributed by atoms with E-state index in [1.54, 1.807) is 78.9 Å². The Morgan fingerprint density at radius 1 is 0.765 bits per heavy atom. The van der Waals surface area contributed by atoms with E-state index in [1.165, 1.54) is 37.6 Å². The van der Waals surface area contributed by atoms with E-state index in [4.69, 9.17) is 18.9 Å². The second kappa shape index (κ2) is 16.1. The molecule has 0 aliphatic heterocycles. The number of rotatable bonds is 13. The minimum absolute atomic E-state index is 0.00679. The molecule has 0 aliphatic carbocycles. The number of ether oxygens (including phenoxy) is 4. The maximum atomic E-state index is 13.9. The van der Waals surface area contributed by atoms with Gasteiger partial charge in [-0.1, -0.05) is 69.3 Å². The number of methoxy groups -OCH3 is 1. The summed E-state index contributed by atoms with van der Waals surface area (Å²) in [5, 5.41) is 5.31. The average molecular weight is 711 g/mol. The van der Waals surface area contributed by atoms with Crippen molar-refractivity contribution >= 4 is 39.2 Å². The monoisotopic (exact) mass is 710 g/mol. The van der Waals surface area contributed by atoms with E-state index in [9.17, 15) is 18.0 Å². The number of pyridine rings is 1. The molecule has 1 aromatic heterocycles. The van der Waals surface area contributed by atoms with Crippen molar-refractivity contribution in [2.75, 3.05) is 35.7 Å². The number of benzene rings is 4. The first-order chi connectivity index (χ1) is 24.4. The Labute approximate surface area is 296 Å². The third-order valence-corrected chi connectivity index (χ3v) is 8.76. The van der Waals surface area contributed by atoms with Gasteiger partial charge in [0.1, 0.15) is 19.0 Å². The van der Waals surface area contributed by atoms with Crippen LogP contribution >= 0.6 is 0 Å². The van der Waals surface area contributed by atoms with E-state index in [0.29, 0.717) is 17.3 Å². The van der Waals surface area contributed by atoms with E-state index >= 15 is 0 Å². The number of nitrogens with zero attached hydrogens (tertiary/aromatic N) is 1. The van der Waals surface area contributed by atoms with E-state index in [1.807, 2.05) is 26.8 Å². The third-order valence-electron chi connectivity index (χ3n) is 7.37. The van der Waals surface area contributed by atoms with E-state index in [0.717, 1.165) is 5.56 Å². The van der Waals surface area contributed by atoms with E-state index in [-0.39, 0.29) is 52.0 Å². The highest BCUT2D eigenvalue weighted by Crippen LogP contribution is 2.43. The second-order valence-corrected chi connectivity index (χ2v) is 13.8. The van der Waals surface area contributed by atoms with Crippen LogP contribution in [0.25, 0.3) is 0 Å². The average Bonchev–Trinajstić information content (AvgIpc) is 3.11. The van der Waals surface area contributed by atoms with Crippen molar-refractivity contribution in [1.82, 2.24) is 4.98 Å². The quantitative estimate of drug-likeness (QED) is 0.104. The molecule has 0 saturated heterocycles. The zero-order valence-corrected chi connectivity index (χ0v) is 29.3. The summed E-state index contributed by atoms with van der Waals surface area (Å²) in [5.41, 5.74) is 1.24. The van der Waals surface area contributed by atoms with Crippen LogP contribution in [0.2, 0.25) is 0 Å². The van der Waals surface area contributed by atoms with Gasteiger partial charge in [0, 0.05) is 17.4 Å². The van der Waals surface area contributed by atoms with Gasteiger partial charge in [-0.15, -0.1) is 0 Å². The lowest BCUT2D eigenvalue weighted by Gasteiger charge is -2.21. The molecule has 0 saturated carbocycles. The minimum atomic E-state index is -4.22. The number of nitrogens with one attached hydrogen (secondary N) is 3. The van der Waals surface area contributed by atoms with Crippen LogP contribution in [0.3, 0.4) is 0 Å². The molecule has 5 aromatic rings. The Hall–Kier alpha value is -6.08. The molecule has 3 N–H and O–H groups in total. The molecule has 0 aliphatic rings. The summed E-state index contributed by atoms with van der Waals surface area (Å²) in [4.78, 5) is 29.9. The number of carbonyl (C=O) groups excluding carboxylic acids is 2. The summed E-state index contributed by atoms with van der Waals surface area (Å²) in [5.74, 6) is 0.274. The molecule has 12 nitrogen and oxygen atoms in total. The summed E-state index contributed by atoms with van der Waals surface area (Å²) >= 11 is 0. The standard InChI is InChI=1S/C38H38N4O8S/c1-38(2,3)27-17-19-29(20-18-27)51(45,46)42-30-24-26(36(43)40-28-12-6-5-7-13-28)25-33(35(30)50-32-15-9-8-14-31(32)47-4)48-22-23-49-37(44)41-34-16-10-11-21-39-34/h5-21,24-25,42H,22-23H2,1-4H3,(H,40,43)(H,39,41,44). The number of hydrogen-bond donors (Lipinski definition) is 3. The Kier molecular flexibility index (Phi) is 11.4. The molecular formula is C38H38N4O8S. The number of anilines is 3. The van der Waals surface area contributed by atoms with Crippen molar-refractivity contribution in [3.63, 3.8) is 0 Å². The van der Waals surface area contributed by atoms with E-state index < -0.39 is 22.0 Å². The van der Waals surface area contributed by atoms with Gasteiger partial charge in [-0.05, 0) is 71.6 Å². The fraction of sp³-hybridized carbons (Fsp3) is 0.184. The van der Waals surface area contributed by atoms with Crippen molar-refractivity contribution in [3.8, 4) is 23.0 Å². The molecule has 0 spiro atoms. The van der Waals surface area contributed by atoms with Crippen molar-refractivity contribution in [3.05, 3.63) is 127 Å². The molecule has 2 amide bonds. The highest BCUT2D eigenvalue weighted by molar-refractivity contribution is 7.92. The van der Waals surface area contributed by atoms with Crippen molar-refractivity contribution in [1.29, 1.82) is 0 Å². The second-order valence-electron chi connectivity index (χ2n) is 12.1. The third kappa shape index (κ3) is 9.76. The summed E-state index contributed by atoms with van der Waals surface area (Å²) < 4.78 is 53.4. The number of para-hydroxylation sites is 3. The molecule has 0 bridgehead atoms. The molecule has 4 aromatic carbocycles. The molecule has 5 rings (SSSR count). The summed E-state index contributed by atoms with van der Waals surface area (Å²) in [6, 6.07) is 29.9. The van der Waals surface area contributed by atoms with Crippen LogP contribution in [-0.4, -0.2) is 45.7 Å². The van der Waals surface area contributed by atoms with Crippen LogP contribution in [0.1, 0.15) is 36.7 Å². The highest BCUT2D eigenvalue weighted by atomic mass is 32.2. The summed E-state index contributed by atoms with van der Waals surface area (Å²) in [6.07, 6.45) is 0.764. The van der Waals surface area contributed by atoms with Crippen molar-refractivity contribution in [2.45, 2.75) is 31.1 Å². The molecule has 13 heteroatoms. The van der Waals surface area contributed by atoms with Gasteiger partial charge in [-0.3, -0.25) is 14.8 Å². The van der Waals surface area contributed by atoms with Crippen LogP contribution in [0.15, 0.2) is 120 Å². The van der Waals surface area contributed by atoms with E-state index in [2.05, 4.69) is 20.3 Å². The number of sulfonamides is 1. The van der Waals surface area contributed by atoms with Gasteiger partial charge in [0.25, 0.3) is 15.9 Å². The smallest absolute Gasteiger partial charge is 0.412 e. The highest BCUT2D eigenvalue weighted by Gasteiger charge is 2.25. The zero-order valence-electron chi connectivity index (χ0n) is 28.5. The number of amides is 2. The normalized spacial score (nSPS) is 11.2. The lowest BCUT2D eigenvalue weighted by molar-refractivity contribution is 0.102. The predicted octanol–water partition coefficient (Wildman–Crippen LogP) is 7.86. The SMILES string of the molecule is COc1ccccc1Oc1c(NS(=O)(=O)c2ccc(C(C)(C)C)cc2)cc(C(=O)Nc2ccccc2)cc1OCCOC(=O)Nc1ccccn1. The molecule has 0 fully saturated rings. The van der Waals surface area contributed by atoms with Crippen LogP contribution in [0.5, 0.6) is 23.0 Å². The van der Waals surface area contributed by atoms with Crippen LogP contribution in [-0.2, 0) is 20.2 Å². The minimum Gasteiger partial charge on any atom is -0.493 e. The maximum Gasteiger partial charge on any atom is 0.412 e. The van der Waals surface area contributed by atoms with Crippen molar-refractivity contribution < 1.29 is 37.0 Å². The molecule has 51 heavy (non-hydrogen) atoms. The van der Waals surface area contributed by atoms with Gasteiger partial charge in [0.2, 0.25) is 0 Å². The predicted molar refractivity (Wildman–Crippen MR) is 195 cm³/mol. The molecule has 1 heterocycles. The van der Waals surface area contributed by atoms with Gasteiger partial charge in [-0.25, -0.2) is 18.2 Å².